The molecule has 1 atom stereocenters. The summed E-state index contributed by atoms with van der Waals surface area (Å²) >= 11 is 0. The number of rotatable bonds is 4. The van der Waals surface area contributed by atoms with E-state index in [0.717, 1.165) is 59.6 Å². The molecule has 6 nitrogen and oxygen atoms in total. The van der Waals surface area contributed by atoms with Crippen molar-refractivity contribution in [2.75, 3.05) is 27.0 Å². The van der Waals surface area contributed by atoms with Crippen molar-refractivity contribution < 1.29 is 18.6 Å². The lowest BCUT2D eigenvalue weighted by Gasteiger charge is -2.30. The Labute approximate surface area is 168 Å². The molecule has 0 amide bonds. The third-order valence-electron chi connectivity index (χ3n) is 5.64. The molecule has 0 saturated carbocycles. The van der Waals surface area contributed by atoms with Gasteiger partial charge in [-0.3, -0.25) is 4.90 Å². The minimum absolute atomic E-state index is 0.247. The molecule has 29 heavy (non-hydrogen) atoms. The van der Waals surface area contributed by atoms with Gasteiger partial charge in [0.2, 0.25) is 0 Å². The first-order valence-electron chi connectivity index (χ1n) is 9.92. The van der Waals surface area contributed by atoms with Crippen molar-refractivity contribution in [3.8, 4) is 22.6 Å². The lowest BCUT2D eigenvalue weighted by molar-refractivity contribution is 0.0281. The molecule has 0 radical (unpaired) electrons. The van der Waals surface area contributed by atoms with E-state index in [1.165, 1.54) is 0 Å². The number of ether oxygens (including phenoxy) is 3. The van der Waals surface area contributed by atoms with Gasteiger partial charge in [-0.2, -0.15) is 0 Å². The molecule has 0 spiro atoms. The fourth-order valence-electron chi connectivity index (χ4n) is 4.18. The first-order valence-corrected chi connectivity index (χ1v) is 9.92. The number of fused-ring (bicyclic) bond motifs is 3. The summed E-state index contributed by atoms with van der Waals surface area (Å²) in [7, 11) is 1.64. The molecular formula is C23H23NO5. The van der Waals surface area contributed by atoms with Crippen LogP contribution in [0.3, 0.4) is 0 Å². The summed E-state index contributed by atoms with van der Waals surface area (Å²) in [6, 6.07) is 13.2. The average molecular weight is 393 g/mol. The van der Waals surface area contributed by atoms with E-state index >= 15 is 0 Å². The summed E-state index contributed by atoms with van der Waals surface area (Å²) in [6.45, 7) is 2.83. The zero-order chi connectivity index (χ0) is 19.8. The minimum Gasteiger partial charge on any atom is -0.497 e. The standard InChI is InChI=1S/C23H23NO5/c1-26-16-6-4-15(5-7-16)19-11-22(25)29-23-18(19)8-9-21-20(23)13-24(14-28-21)12-17-3-2-10-27-17/h4-9,11,17H,2-3,10,12-14H2,1H3. The van der Waals surface area contributed by atoms with E-state index in [2.05, 4.69) is 4.90 Å². The van der Waals surface area contributed by atoms with Crippen LogP contribution >= 0.6 is 0 Å². The SMILES string of the molecule is COc1ccc(-c2cc(=O)oc3c4c(ccc23)OCN(CC2CCCO2)C4)cc1. The van der Waals surface area contributed by atoms with Gasteiger partial charge >= 0.3 is 5.63 Å². The molecule has 1 aromatic heterocycles. The molecule has 3 aromatic rings. The fourth-order valence-corrected chi connectivity index (χ4v) is 4.18. The van der Waals surface area contributed by atoms with E-state index in [1.807, 2.05) is 36.4 Å². The van der Waals surface area contributed by atoms with Gasteiger partial charge in [0.25, 0.3) is 0 Å². The predicted octanol–water partition coefficient (Wildman–Crippen LogP) is 3.80. The quantitative estimate of drug-likeness (QED) is 0.629. The molecular weight excluding hydrogens is 370 g/mol. The van der Waals surface area contributed by atoms with Gasteiger partial charge in [-0.05, 0) is 48.2 Å². The van der Waals surface area contributed by atoms with Crippen molar-refractivity contribution in [3.05, 3.63) is 58.4 Å². The first-order chi connectivity index (χ1) is 14.2. The van der Waals surface area contributed by atoms with Crippen LogP contribution in [-0.2, 0) is 11.3 Å². The Bertz CT molecular complexity index is 1080. The summed E-state index contributed by atoms with van der Waals surface area (Å²) < 4.78 is 22.6. The summed E-state index contributed by atoms with van der Waals surface area (Å²) in [5.41, 5.74) is 2.93. The highest BCUT2D eigenvalue weighted by Crippen LogP contribution is 2.36. The van der Waals surface area contributed by atoms with Gasteiger partial charge in [0.05, 0.1) is 18.8 Å². The lowest BCUT2D eigenvalue weighted by Crippen LogP contribution is -2.37. The van der Waals surface area contributed by atoms with Gasteiger partial charge < -0.3 is 18.6 Å². The molecule has 0 aliphatic carbocycles. The van der Waals surface area contributed by atoms with Crippen molar-refractivity contribution in [1.82, 2.24) is 4.90 Å². The van der Waals surface area contributed by atoms with Crippen LogP contribution in [0.25, 0.3) is 22.1 Å². The zero-order valence-electron chi connectivity index (χ0n) is 16.3. The van der Waals surface area contributed by atoms with Crippen LogP contribution in [0, 0.1) is 0 Å². The monoisotopic (exact) mass is 393 g/mol. The largest absolute Gasteiger partial charge is 0.497 e. The maximum absolute atomic E-state index is 12.4. The van der Waals surface area contributed by atoms with E-state index in [1.54, 1.807) is 13.2 Å². The number of methoxy groups -OCH3 is 1. The third kappa shape index (κ3) is 3.50. The number of hydrogen-bond acceptors (Lipinski definition) is 6. The second-order valence-electron chi connectivity index (χ2n) is 7.55. The molecule has 0 bridgehead atoms. The molecule has 2 aromatic carbocycles. The Kier molecular flexibility index (Phi) is 4.73. The number of hydrogen-bond donors (Lipinski definition) is 0. The van der Waals surface area contributed by atoms with E-state index in [-0.39, 0.29) is 11.7 Å². The second kappa shape index (κ2) is 7.54. The molecule has 5 rings (SSSR count). The summed E-state index contributed by atoms with van der Waals surface area (Å²) in [5.74, 6) is 1.55. The van der Waals surface area contributed by atoms with Crippen molar-refractivity contribution in [3.63, 3.8) is 0 Å². The van der Waals surface area contributed by atoms with E-state index in [9.17, 15) is 4.79 Å². The summed E-state index contributed by atoms with van der Waals surface area (Å²) in [5, 5.41) is 0.899. The molecule has 0 N–H and O–H groups in total. The van der Waals surface area contributed by atoms with Gasteiger partial charge in [0.1, 0.15) is 23.8 Å². The highest BCUT2D eigenvalue weighted by molar-refractivity contribution is 5.95. The Morgan fingerprint density at radius 3 is 2.79 bits per heavy atom. The Morgan fingerprint density at radius 1 is 1.17 bits per heavy atom. The van der Waals surface area contributed by atoms with Gasteiger partial charge in [-0.1, -0.05) is 12.1 Å². The topological polar surface area (TPSA) is 61.1 Å². The fraction of sp³-hybridized carbons (Fsp3) is 0.348. The molecule has 1 fully saturated rings. The van der Waals surface area contributed by atoms with Crippen molar-refractivity contribution >= 4 is 11.0 Å². The Balaban J connectivity index is 1.55. The van der Waals surface area contributed by atoms with Crippen molar-refractivity contribution in [2.24, 2.45) is 0 Å². The van der Waals surface area contributed by atoms with Gasteiger partial charge in [0.15, 0.2) is 0 Å². The van der Waals surface area contributed by atoms with Crippen LogP contribution in [0.2, 0.25) is 0 Å². The van der Waals surface area contributed by atoms with Gasteiger partial charge in [-0.25, -0.2) is 4.79 Å². The van der Waals surface area contributed by atoms with Crippen LogP contribution in [-0.4, -0.2) is 38.0 Å². The molecule has 2 aliphatic rings. The average Bonchev–Trinajstić information content (AvgIpc) is 3.26. The normalized spacial score (nSPS) is 19.1. The van der Waals surface area contributed by atoms with E-state index < -0.39 is 0 Å². The Morgan fingerprint density at radius 2 is 2.03 bits per heavy atom. The van der Waals surface area contributed by atoms with Crippen LogP contribution in [0.4, 0.5) is 0 Å². The highest BCUT2D eigenvalue weighted by Gasteiger charge is 2.26. The predicted molar refractivity (Wildman–Crippen MR) is 109 cm³/mol. The van der Waals surface area contributed by atoms with E-state index in [0.29, 0.717) is 18.9 Å². The van der Waals surface area contributed by atoms with Gasteiger partial charge in [-0.15, -0.1) is 0 Å². The molecule has 1 unspecified atom stereocenters. The van der Waals surface area contributed by atoms with Crippen molar-refractivity contribution in [2.45, 2.75) is 25.5 Å². The zero-order valence-corrected chi connectivity index (χ0v) is 16.3. The van der Waals surface area contributed by atoms with E-state index in [4.69, 9.17) is 18.6 Å². The molecule has 3 heterocycles. The van der Waals surface area contributed by atoms with Crippen LogP contribution in [0.5, 0.6) is 11.5 Å². The molecule has 2 aliphatic heterocycles. The summed E-state index contributed by atoms with van der Waals surface area (Å²) in [6.07, 6.45) is 2.44. The first kappa shape index (κ1) is 18.2. The van der Waals surface area contributed by atoms with Gasteiger partial charge in [0, 0.05) is 31.1 Å². The highest BCUT2D eigenvalue weighted by atomic mass is 16.5. The number of benzene rings is 2. The minimum atomic E-state index is -0.368. The Hall–Kier alpha value is -2.83. The second-order valence-corrected chi connectivity index (χ2v) is 7.55. The smallest absolute Gasteiger partial charge is 0.336 e. The molecule has 150 valence electrons. The summed E-state index contributed by atoms with van der Waals surface area (Å²) in [4.78, 5) is 14.6. The maximum atomic E-state index is 12.4. The van der Waals surface area contributed by atoms with Crippen molar-refractivity contribution in [1.29, 1.82) is 0 Å². The van der Waals surface area contributed by atoms with Crippen LogP contribution < -0.4 is 15.1 Å². The molecule has 1 saturated heterocycles. The lowest BCUT2D eigenvalue weighted by atomic mass is 9.99. The molecule has 6 heteroatoms. The number of nitrogens with zero attached hydrogens (tertiary/aromatic N) is 1. The van der Waals surface area contributed by atoms with Crippen LogP contribution in [0.1, 0.15) is 18.4 Å². The van der Waals surface area contributed by atoms with Crippen LogP contribution in [0.15, 0.2) is 51.7 Å². The maximum Gasteiger partial charge on any atom is 0.336 e. The third-order valence-corrected chi connectivity index (χ3v) is 5.64.